The predicted octanol–water partition coefficient (Wildman–Crippen LogP) is 5.39. The van der Waals surface area contributed by atoms with Crippen LogP contribution in [0.15, 0.2) is 48.5 Å². The van der Waals surface area contributed by atoms with Gasteiger partial charge < -0.3 is 4.74 Å². The second kappa shape index (κ2) is 7.46. The SMILES string of the molecule is CCC(OC(F)(F)F)c1ccc(OCc2ccccc2)cc1F. The van der Waals surface area contributed by atoms with Crippen molar-refractivity contribution in [3.05, 3.63) is 65.5 Å². The molecule has 1 atom stereocenters. The van der Waals surface area contributed by atoms with Gasteiger partial charge in [-0.2, -0.15) is 0 Å². The van der Waals surface area contributed by atoms with Crippen molar-refractivity contribution in [2.75, 3.05) is 0 Å². The third-order valence-corrected chi connectivity index (χ3v) is 3.21. The molecule has 0 aliphatic rings. The number of hydrogen-bond acceptors (Lipinski definition) is 2. The molecule has 0 spiro atoms. The molecule has 0 aliphatic heterocycles. The van der Waals surface area contributed by atoms with Gasteiger partial charge in [-0.3, -0.25) is 4.74 Å². The number of rotatable bonds is 6. The van der Waals surface area contributed by atoms with Gasteiger partial charge in [0.2, 0.25) is 0 Å². The van der Waals surface area contributed by atoms with E-state index in [1.807, 2.05) is 30.3 Å². The van der Waals surface area contributed by atoms with Crippen LogP contribution in [0.1, 0.15) is 30.6 Å². The molecule has 124 valence electrons. The Hall–Kier alpha value is -2.08. The van der Waals surface area contributed by atoms with Crippen molar-refractivity contribution >= 4 is 0 Å². The van der Waals surface area contributed by atoms with Gasteiger partial charge in [-0.05, 0) is 24.1 Å². The van der Waals surface area contributed by atoms with Gasteiger partial charge in [0.1, 0.15) is 18.2 Å². The molecule has 2 rings (SSSR count). The molecule has 0 fully saturated rings. The van der Waals surface area contributed by atoms with E-state index in [-0.39, 0.29) is 24.3 Å². The quantitative estimate of drug-likeness (QED) is 0.662. The van der Waals surface area contributed by atoms with E-state index in [4.69, 9.17) is 4.74 Å². The van der Waals surface area contributed by atoms with Crippen molar-refractivity contribution < 1.29 is 27.0 Å². The largest absolute Gasteiger partial charge is 0.523 e. The molecule has 23 heavy (non-hydrogen) atoms. The van der Waals surface area contributed by atoms with E-state index in [9.17, 15) is 17.6 Å². The van der Waals surface area contributed by atoms with E-state index in [0.29, 0.717) is 0 Å². The van der Waals surface area contributed by atoms with Crippen LogP contribution in [-0.4, -0.2) is 6.36 Å². The van der Waals surface area contributed by atoms with E-state index in [0.717, 1.165) is 11.6 Å². The molecule has 2 aromatic rings. The number of alkyl halides is 3. The molecule has 0 saturated heterocycles. The Kier molecular flexibility index (Phi) is 5.60. The van der Waals surface area contributed by atoms with Crippen LogP contribution in [0.2, 0.25) is 0 Å². The molecule has 0 heterocycles. The maximum atomic E-state index is 14.1. The van der Waals surface area contributed by atoms with Crippen LogP contribution in [0.25, 0.3) is 0 Å². The monoisotopic (exact) mass is 328 g/mol. The third-order valence-electron chi connectivity index (χ3n) is 3.21. The summed E-state index contributed by atoms with van der Waals surface area (Å²) in [7, 11) is 0. The predicted molar refractivity (Wildman–Crippen MR) is 77.3 cm³/mol. The molecule has 0 saturated carbocycles. The fourth-order valence-corrected chi connectivity index (χ4v) is 2.13. The molecule has 6 heteroatoms. The first kappa shape index (κ1) is 17.3. The smallest absolute Gasteiger partial charge is 0.489 e. The minimum Gasteiger partial charge on any atom is -0.489 e. The van der Waals surface area contributed by atoms with Crippen molar-refractivity contribution in [1.29, 1.82) is 0 Å². The van der Waals surface area contributed by atoms with Gasteiger partial charge in [-0.15, -0.1) is 13.2 Å². The summed E-state index contributed by atoms with van der Waals surface area (Å²) in [5.74, 6) is -0.538. The van der Waals surface area contributed by atoms with Gasteiger partial charge >= 0.3 is 6.36 Å². The zero-order valence-corrected chi connectivity index (χ0v) is 12.4. The summed E-state index contributed by atoms with van der Waals surface area (Å²) in [6.45, 7) is 1.74. The van der Waals surface area contributed by atoms with Crippen molar-refractivity contribution in [3.63, 3.8) is 0 Å². The molecule has 0 N–H and O–H groups in total. The van der Waals surface area contributed by atoms with Crippen molar-refractivity contribution in [2.45, 2.75) is 32.4 Å². The van der Waals surface area contributed by atoms with Gasteiger partial charge in [0, 0.05) is 11.6 Å². The molecule has 0 aromatic heterocycles. The summed E-state index contributed by atoms with van der Waals surface area (Å²) in [5.41, 5.74) is 0.765. The lowest BCUT2D eigenvalue weighted by atomic mass is 10.1. The minimum atomic E-state index is -4.81. The Morgan fingerprint density at radius 1 is 1.04 bits per heavy atom. The van der Waals surface area contributed by atoms with Crippen LogP contribution in [-0.2, 0) is 11.3 Å². The van der Waals surface area contributed by atoms with Gasteiger partial charge in [-0.25, -0.2) is 4.39 Å². The molecule has 2 aromatic carbocycles. The Bertz CT molecular complexity index is 626. The van der Waals surface area contributed by atoms with E-state index in [1.54, 1.807) is 0 Å². The van der Waals surface area contributed by atoms with Crippen LogP contribution >= 0.6 is 0 Å². The first-order chi connectivity index (χ1) is 10.9. The number of ether oxygens (including phenoxy) is 2. The van der Waals surface area contributed by atoms with E-state index >= 15 is 0 Å². The molecule has 1 unspecified atom stereocenters. The minimum absolute atomic E-state index is 0.000644. The lowest BCUT2D eigenvalue weighted by Gasteiger charge is -2.19. The molecule has 0 amide bonds. The average molecular weight is 328 g/mol. The second-order valence-electron chi connectivity index (χ2n) is 4.92. The van der Waals surface area contributed by atoms with Gasteiger partial charge in [0.25, 0.3) is 0 Å². The fourth-order valence-electron chi connectivity index (χ4n) is 2.13. The lowest BCUT2D eigenvalue weighted by molar-refractivity contribution is -0.345. The Morgan fingerprint density at radius 3 is 2.30 bits per heavy atom. The Balaban J connectivity index is 2.07. The summed E-state index contributed by atoms with van der Waals surface area (Å²) in [6.07, 6.45) is -6.19. The molecule has 2 nitrogen and oxygen atoms in total. The van der Waals surface area contributed by atoms with E-state index in [2.05, 4.69) is 4.74 Å². The van der Waals surface area contributed by atoms with Crippen molar-refractivity contribution in [3.8, 4) is 5.75 Å². The summed E-state index contributed by atoms with van der Waals surface area (Å²) >= 11 is 0. The van der Waals surface area contributed by atoms with Crippen LogP contribution in [0.5, 0.6) is 5.75 Å². The third kappa shape index (κ3) is 5.25. The maximum Gasteiger partial charge on any atom is 0.523 e. The molecule has 0 bridgehead atoms. The Labute approximate surface area is 131 Å². The van der Waals surface area contributed by atoms with Gasteiger partial charge in [0.05, 0.1) is 6.10 Å². The summed E-state index contributed by atoms with van der Waals surface area (Å²) < 4.78 is 60.4. The molecule has 0 radical (unpaired) electrons. The highest BCUT2D eigenvalue weighted by Gasteiger charge is 2.34. The van der Waals surface area contributed by atoms with E-state index in [1.165, 1.54) is 19.1 Å². The maximum absolute atomic E-state index is 14.1. The zero-order chi connectivity index (χ0) is 16.9. The molecular formula is C17H16F4O2. The highest BCUT2D eigenvalue weighted by molar-refractivity contribution is 5.30. The van der Waals surface area contributed by atoms with E-state index < -0.39 is 18.3 Å². The summed E-state index contributed by atoms with van der Waals surface area (Å²) in [4.78, 5) is 0. The van der Waals surface area contributed by atoms with Crippen LogP contribution in [0.3, 0.4) is 0 Å². The second-order valence-corrected chi connectivity index (χ2v) is 4.92. The number of halogens is 4. The molecule has 0 aliphatic carbocycles. The van der Waals surface area contributed by atoms with Crippen LogP contribution in [0.4, 0.5) is 17.6 Å². The molecular weight excluding hydrogens is 312 g/mol. The highest BCUT2D eigenvalue weighted by atomic mass is 19.4. The summed E-state index contributed by atoms with van der Waals surface area (Å²) in [5, 5.41) is 0. The average Bonchev–Trinajstić information content (AvgIpc) is 2.51. The normalized spacial score (nSPS) is 12.9. The highest BCUT2D eigenvalue weighted by Crippen LogP contribution is 2.32. The standard InChI is InChI=1S/C17H16F4O2/c1-2-16(23-17(19,20)21)14-9-8-13(10-15(14)18)22-11-12-6-4-3-5-7-12/h3-10,16H,2,11H2,1H3. The first-order valence-electron chi connectivity index (χ1n) is 7.09. The Morgan fingerprint density at radius 2 is 1.74 bits per heavy atom. The topological polar surface area (TPSA) is 18.5 Å². The first-order valence-corrected chi connectivity index (χ1v) is 7.09. The van der Waals surface area contributed by atoms with Crippen molar-refractivity contribution in [1.82, 2.24) is 0 Å². The lowest BCUT2D eigenvalue weighted by Crippen LogP contribution is -2.18. The van der Waals surface area contributed by atoms with Crippen LogP contribution < -0.4 is 4.74 Å². The van der Waals surface area contributed by atoms with Gasteiger partial charge in [-0.1, -0.05) is 37.3 Å². The van der Waals surface area contributed by atoms with Crippen molar-refractivity contribution in [2.24, 2.45) is 0 Å². The number of hydrogen-bond donors (Lipinski definition) is 0. The number of benzene rings is 2. The summed E-state index contributed by atoms with van der Waals surface area (Å²) in [6, 6.07) is 13.0. The van der Waals surface area contributed by atoms with Crippen LogP contribution in [0, 0.1) is 5.82 Å². The fraction of sp³-hybridized carbons (Fsp3) is 0.294. The van der Waals surface area contributed by atoms with Gasteiger partial charge in [0.15, 0.2) is 0 Å². The zero-order valence-electron chi connectivity index (χ0n) is 12.4.